The van der Waals surface area contributed by atoms with Crippen LogP contribution in [0.5, 0.6) is 0 Å². The highest BCUT2D eigenvalue weighted by Crippen LogP contribution is 2.34. The van der Waals surface area contributed by atoms with Crippen molar-refractivity contribution in [3.05, 3.63) is 29.8 Å². The second-order valence-corrected chi connectivity index (χ2v) is 5.60. The molecule has 0 saturated carbocycles. The van der Waals surface area contributed by atoms with Crippen LogP contribution in [-0.2, 0) is 4.79 Å². The van der Waals surface area contributed by atoms with Crippen molar-refractivity contribution < 1.29 is 9.90 Å². The van der Waals surface area contributed by atoms with Crippen LogP contribution in [0.3, 0.4) is 0 Å². The molecule has 1 heterocycles. The number of carbonyl (C=O) groups is 1. The van der Waals surface area contributed by atoms with E-state index in [0.717, 1.165) is 36.9 Å². The molecule has 1 aliphatic heterocycles. The maximum absolute atomic E-state index is 12.7. The van der Waals surface area contributed by atoms with Gasteiger partial charge in [-0.3, -0.25) is 4.79 Å². The molecule has 0 fully saturated rings. The predicted octanol–water partition coefficient (Wildman–Crippen LogP) is 3.67. The summed E-state index contributed by atoms with van der Waals surface area (Å²) in [6.45, 7) is 4.87. The van der Waals surface area contributed by atoms with Gasteiger partial charge in [0, 0.05) is 23.7 Å². The Morgan fingerprint density at radius 3 is 2.85 bits per heavy atom. The van der Waals surface area contributed by atoms with Crippen LogP contribution < -0.4 is 4.90 Å². The molecule has 110 valence electrons. The van der Waals surface area contributed by atoms with Gasteiger partial charge in [-0.2, -0.15) is 0 Å². The number of rotatable bonds is 5. The van der Waals surface area contributed by atoms with E-state index in [1.807, 2.05) is 29.2 Å². The molecular weight excluding hydrogens is 250 g/mol. The minimum atomic E-state index is -0.439. The van der Waals surface area contributed by atoms with Gasteiger partial charge in [-0.25, -0.2) is 0 Å². The molecule has 1 aromatic carbocycles. The van der Waals surface area contributed by atoms with Crippen LogP contribution in [0.25, 0.3) is 0 Å². The molecule has 2 atom stereocenters. The highest BCUT2D eigenvalue weighted by atomic mass is 16.3. The van der Waals surface area contributed by atoms with E-state index in [1.54, 1.807) is 0 Å². The van der Waals surface area contributed by atoms with E-state index in [1.165, 1.54) is 0 Å². The van der Waals surface area contributed by atoms with Crippen molar-refractivity contribution in [3.63, 3.8) is 0 Å². The lowest BCUT2D eigenvalue weighted by Gasteiger charge is -2.34. The Balaban J connectivity index is 2.20. The van der Waals surface area contributed by atoms with E-state index in [9.17, 15) is 9.90 Å². The van der Waals surface area contributed by atoms with Crippen LogP contribution in [0.15, 0.2) is 24.3 Å². The summed E-state index contributed by atoms with van der Waals surface area (Å²) in [6.07, 6.45) is 4.27. The van der Waals surface area contributed by atoms with Gasteiger partial charge in [-0.05, 0) is 25.3 Å². The van der Waals surface area contributed by atoms with E-state index in [2.05, 4.69) is 13.8 Å². The first-order valence-electron chi connectivity index (χ1n) is 7.77. The number of fused-ring (bicyclic) bond motifs is 1. The average Bonchev–Trinajstić information content (AvgIpc) is 2.48. The van der Waals surface area contributed by atoms with Gasteiger partial charge in [0.1, 0.15) is 0 Å². The summed E-state index contributed by atoms with van der Waals surface area (Å²) >= 11 is 0. The number of anilines is 1. The molecule has 0 radical (unpaired) electrons. The van der Waals surface area contributed by atoms with Crippen LogP contribution in [0.2, 0.25) is 0 Å². The Hall–Kier alpha value is -1.35. The Morgan fingerprint density at radius 1 is 1.40 bits per heavy atom. The molecule has 3 nitrogen and oxygen atoms in total. The second kappa shape index (κ2) is 6.89. The molecule has 0 bridgehead atoms. The minimum absolute atomic E-state index is 0.109. The zero-order valence-corrected chi connectivity index (χ0v) is 12.5. The summed E-state index contributed by atoms with van der Waals surface area (Å²) in [6, 6.07) is 7.73. The maximum Gasteiger partial charge on any atom is 0.230 e. The lowest BCUT2D eigenvalue weighted by Crippen LogP contribution is -2.40. The predicted molar refractivity (Wildman–Crippen MR) is 81.7 cm³/mol. The fourth-order valence-electron chi connectivity index (χ4n) is 2.94. The first kappa shape index (κ1) is 15.0. The van der Waals surface area contributed by atoms with Crippen molar-refractivity contribution >= 4 is 11.6 Å². The van der Waals surface area contributed by atoms with Crippen molar-refractivity contribution in [1.29, 1.82) is 0 Å². The SMILES string of the molecule is CCCCC(CC)C(=O)N1CCC(O)c2ccccc21. The van der Waals surface area contributed by atoms with Gasteiger partial charge in [0.05, 0.1) is 6.10 Å². The Kier molecular flexibility index (Phi) is 5.18. The van der Waals surface area contributed by atoms with Gasteiger partial charge >= 0.3 is 0 Å². The van der Waals surface area contributed by atoms with Crippen molar-refractivity contribution in [1.82, 2.24) is 0 Å². The number of carbonyl (C=O) groups excluding carboxylic acids is 1. The topological polar surface area (TPSA) is 40.5 Å². The second-order valence-electron chi connectivity index (χ2n) is 5.60. The lowest BCUT2D eigenvalue weighted by molar-refractivity contribution is -0.122. The van der Waals surface area contributed by atoms with E-state index in [0.29, 0.717) is 13.0 Å². The van der Waals surface area contributed by atoms with Crippen LogP contribution in [-0.4, -0.2) is 17.6 Å². The van der Waals surface area contributed by atoms with Gasteiger partial charge in [0.2, 0.25) is 5.91 Å². The number of aliphatic hydroxyl groups is 1. The van der Waals surface area contributed by atoms with Crippen LogP contribution in [0, 0.1) is 5.92 Å². The molecular formula is C17H25NO2. The summed E-state index contributed by atoms with van der Waals surface area (Å²) < 4.78 is 0. The summed E-state index contributed by atoms with van der Waals surface area (Å²) in [5.41, 5.74) is 1.78. The number of benzene rings is 1. The molecule has 0 saturated heterocycles. The molecule has 1 aliphatic rings. The smallest absolute Gasteiger partial charge is 0.230 e. The quantitative estimate of drug-likeness (QED) is 0.890. The van der Waals surface area contributed by atoms with Gasteiger partial charge in [0.25, 0.3) is 0 Å². The minimum Gasteiger partial charge on any atom is -0.388 e. The van der Waals surface area contributed by atoms with E-state index >= 15 is 0 Å². The third-order valence-electron chi connectivity index (χ3n) is 4.23. The average molecular weight is 275 g/mol. The van der Waals surface area contributed by atoms with Crippen molar-refractivity contribution in [3.8, 4) is 0 Å². The summed E-state index contributed by atoms with van der Waals surface area (Å²) in [7, 11) is 0. The van der Waals surface area contributed by atoms with Crippen molar-refractivity contribution in [2.24, 2.45) is 5.92 Å². The molecule has 0 aromatic heterocycles. The van der Waals surface area contributed by atoms with Crippen molar-refractivity contribution in [2.45, 2.75) is 52.1 Å². The summed E-state index contributed by atoms with van der Waals surface area (Å²) in [4.78, 5) is 14.6. The Morgan fingerprint density at radius 2 is 2.15 bits per heavy atom. The number of unbranched alkanes of at least 4 members (excludes halogenated alkanes) is 1. The molecule has 1 amide bonds. The Labute approximate surface area is 121 Å². The molecule has 0 aliphatic carbocycles. The van der Waals surface area contributed by atoms with Crippen LogP contribution >= 0.6 is 0 Å². The maximum atomic E-state index is 12.7. The molecule has 0 spiro atoms. The van der Waals surface area contributed by atoms with Gasteiger partial charge in [-0.1, -0.05) is 44.9 Å². The lowest BCUT2D eigenvalue weighted by atomic mass is 9.94. The van der Waals surface area contributed by atoms with Crippen molar-refractivity contribution in [2.75, 3.05) is 11.4 Å². The molecule has 2 rings (SSSR count). The fraction of sp³-hybridized carbons (Fsp3) is 0.588. The number of para-hydroxylation sites is 1. The number of hydrogen-bond acceptors (Lipinski definition) is 2. The highest BCUT2D eigenvalue weighted by Gasteiger charge is 2.30. The normalized spacial score (nSPS) is 19.6. The largest absolute Gasteiger partial charge is 0.388 e. The fourth-order valence-corrected chi connectivity index (χ4v) is 2.94. The monoisotopic (exact) mass is 275 g/mol. The first-order valence-corrected chi connectivity index (χ1v) is 7.77. The Bertz CT molecular complexity index is 458. The third kappa shape index (κ3) is 3.04. The van der Waals surface area contributed by atoms with E-state index in [4.69, 9.17) is 0 Å². The molecule has 1 N–H and O–H groups in total. The number of hydrogen-bond donors (Lipinski definition) is 1. The summed E-state index contributed by atoms with van der Waals surface area (Å²) in [5, 5.41) is 10.1. The third-order valence-corrected chi connectivity index (χ3v) is 4.23. The standard InChI is InChI=1S/C17H25NO2/c1-3-5-8-13(4-2)17(20)18-12-11-16(19)14-9-6-7-10-15(14)18/h6-7,9-10,13,16,19H,3-5,8,11-12H2,1-2H3. The van der Waals surface area contributed by atoms with Gasteiger partial charge in [0.15, 0.2) is 0 Å². The zero-order valence-electron chi connectivity index (χ0n) is 12.5. The molecule has 20 heavy (non-hydrogen) atoms. The molecule has 1 aromatic rings. The van der Waals surface area contributed by atoms with Crippen LogP contribution in [0.4, 0.5) is 5.69 Å². The summed E-state index contributed by atoms with van der Waals surface area (Å²) in [5.74, 6) is 0.332. The molecule has 2 unspecified atom stereocenters. The molecule has 3 heteroatoms. The van der Waals surface area contributed by atoms with Gasteiger partial charge in [-0.15, -0.1) is 0 Å². The van der Waals surface area contributed by atoms with E-state index in [-0.39, 0.29) is 11.8 Å². The van der Waals surface area contributed by atoms with Gasteiger partial charge < -0.3 is 10.0 Å². The number of aliphatic hydroxyl groups excluding tert-OH is 1. The number of amides is 1. The number of nitrogens with zero attached hydrogens (tertiary/aromatic N) is 1. The highest BCUT2D eigenvalue weighted by molar-refractivity contribution is 5.96. The zero-order chi connectivity index (χ0) is 14.5. The first-order chi connectivity index (χ1) is 9.69. The van der Waals surface area contributed by atoms with E-state index < -0.39 is 6.10 Å². The van der Waals surface area contributed by atoms with Crippen LogP contribution in [0.1, 0.15) is 57.6 Å².